The van der Waals surface area contributed by atoms with E-state index in [1.165, 1.54) is 24.3 Å². The number of benzene rings is 2. The van der Waals surface area contributed by atoms with Crippen LogP contribution in [-0.4, -0.2) is 68.1 Å². The smallest absolute Gasteiger partial charge is 0.297 e. The summed E-state index contributed by atoms with van der Waals surface area (Å²) in [6, 6.07) is 12.9. The summed E-state index contributed by atoms with van der Waals surface area (Å²) in [5, 5.41) is 0. The molecule has 0 spiro atoms. The highest BCUT2D eigenvalue weighted by Crippen LogP contribution is 2.24. The molecule has 220 valence electrons. The summed E-state index contributed by atoms with van der Waals surface area (Å²) in [4.78, 5) is 0.171. The Morgan fingerprint density at radius 3 is 1.40 bits per heavy atom. The van der Waals surface area contributed by atoms with Crippen LogP contribution in [0.25, 0.3) is 0 Å². The summed E-state index contributed by atoms with van der Waals surface area (Å²) in [6.07, 6.45) is 3.17. The van der Waals surface area contributed by atoms with E-state index >= 15 is 0 Å². The molecule has 0 unspecified atom stereocenters. The van der Waals surface area contributed by atoms with Crippen LogP contribution in [0.4, 0.5) is 0 Å². The number of ether oxygens (including phenoxy) is 4. The fraction of sp³-hybridized carbons (Fsp3) is 0.500. The van der Waals surface area contributed by atoms with Crippen molar-refractivity contribution in [1.29, 1.82) is 0 Å². The second-order valence-corrected chi connectivity index (χ2v) is 13.0. The molecule has 0 aliphatic carbocycles. The van der Waals surface area contributed by atoms with Gasteiger partial charge in [-0.3, -0.25) is 8.37 Å². The van der Waals surface area contributed by atoms with Gasteiger partial charge in [0.1, 0.15) is 38.0 Å². The largest absolute Gasteiger partial charge is 0.353 e. The Bertz CT molecular complexity index is 1210. The Morgan fingerprint density at radius 2 is 1.07 bits per heavy atom. The number of hydrogen-bond donors (Lipinski definition) is 0. The molecule has 2 saturated heterocycles. The third kappa shape index (κ3) is 8.67. The molecule has 0 aromatic heterocycles. The summed E-state index contributed by atoms with van der Waals surface area (Å²) in [6.45, 7) is 4.42. The molecule has 0 bridgehead atoms. The number of rotatable bonds is 14. The molecule has 0 amide bonds. The Hall–Kier alpha value is -2.16. The minimum Gasteiger partial charge on any atom is -0.353 e. The zero-order valence-electron chi connectivity index (χ0n) is 22.6. The maximum atomic E-state index is 12.9. The van der Waals surface area contributed by atoms with Gasteiger partial charge in [-0.05, 0) is 63.8 Å². The van der Waals surface area contributed by atoms with Crippen molar-refractivity contribution < 1.29 is 44.1 Å². The van der Waals surface area contributed by atoms with Crippen LogP contribution in [0.2, 0.25) is 0 Å². The first-order valence-electron chi connectivity index (χ1n) is 13.2. The van der Waals surface area contributed by atoms with Crippen LogP contribution in [0, 0.1) is 13.8 Å². The Morgan fingerprint density at radius 1 is 0.700 bits per heavy atom. The highest BCUT2D eigenvalue weighted by molar-refractivity contribution is 7.87. The van der Waals surface area contributed by atoms with Gasteiger partial charge in [0.25, 0.3) is 20.2 Å². The van der Waals surface area contributed by atoms with Crippen LogP contribution >= 0.6 is 0 Å². The molecule has 2 aliphatic heterocycles. The quantitative estimate of drug-likeness (QED) is 0.233. The van der Waals surface area contributed by atoms with Gasteiger partial charge in [0, 0.05) is 0 Å². The Labute approximate surface area is 236 Å². The molecule has 40 heavy (non-hydrogen) atoms. The molecule has 2 heterocycles. The average molecular weight is 597 g/mol. The third-order valence-electron chi connectivity index (χ3n) is 6.65. The van der Waals surface area contributed by atoms with E-state index in [-0.39, 0.29) is 36.6 Å². The normalized spacial score (nSPS) is 21.6. The lowest BCUT2D eigenvalue weighted by Crippen LogP contribution is -2.33. The van der Waals surface area contributed by atoms with E-state index in [0.29, 0.717) is 25.7 Å². The lowest BCUT2D eigenvalue weighted by atomic mass is 10.1. The number of allylic oxidation sites excluding steroid dienone is 2. The van der Waals surface area contributed by atoms with Crippen LogP contribution < -0.4 is 0 Å². The molecule has 2 aromatic rings. The zero-order chi connectivity index (χ0) is 28.6. The van der Waals surface area contributed by atoms with Gasteiger partial charge in [0.15, 0.2) is 0 Å². The van der Waals surface area contributed by atoms with E-state index in [0.717, 1.165) is 11.1 Å². The van der Waals surface area contributed by atoms with Crippen LogP contribution in [0.5, 0.6) is 0 Å². The number of hydrogen-bond acceptors (Lipinski definition) is 10. The van der Waals surface area contributed by atoms with E-state index in [1.807, 2.05) is 26.0 Å². The predicted octanol–water partition coefficient (Wildman–Crippen LogP) is 4.01. The standard InChI is InChI=1S/C28H36O10S2/c1-21-9-13-23(14-10-21)39(29,30)37-25(27-17-33-19-35-27)7-5-3-4-6-8-26(28-18-34-20-36-28)38-40(31,32)24-15-11-22(2)12-16-24/h3-4,9-16,25-28H,5-8,17-20H2,1-2H3/b4-3+/t25-,26-,27-,28-/m0/s1. The Balaban J connectivity index is 1.33. The van der Waals surface area contributed by atoms with E-state index < -0.39 is 44.7 Å². The molecule has 2 aromatic carbocycles. The molecular formula is C28H36O10S2. The van der Waals surface area contributed by atoms with E-state index in [9.17, 15) is 16.8 Å². The van der Waals surface area contributed by atoms with Crippen molar-refractivity contribution in [3.63, 3.8) is 0 Å². The van der Waals surface area contributed by atoms with Crippen LogP contribution in [0.3, 0.4) is 0 Å². The third-order valence-corrected chi connectivity index (χ3v) is 9.35. The first kappa shape index (κ1) is 30.8. The maximum Gasteiger partial charge on any atom is 0.297 e. The molecular weight excluding hydrogens is 560 g/mol. The van der Waals surface area contributed by atoms with Crippen molar-refractivity contribution >= 4 is 20.2 Å². The van der Waals surface area contributed by atoms with E-state index in [2.05, 4.69) is 0 Å². The lowest BCUT2D eigenvalue weighted by Gasteiger charge is -2.22. The topological polar surface area (TPSA) is 124 Å². The Kier molecular flexibility index (Phi) is 10.9. The average Bonchev–Trinajstić information content (AvgIpc) is 3.65. The van der Waals surface area contributed by atoms with Crippen LogP contribution in [0.1, 0.15) is 36.8 Å². The fourth-order valence-electron chi connectivity index (χ4n) is 4.32. The first-order chi connectivity index (χ1) is 19.1. The summed E-state index contributed by atoms with van der Waals surface area (Å²) in [7, 11) is -7.97. The monoisotopic (exact) mass is 596 g/mol. The lowest BCUT2D eigenvalue weighted by molar-refractivity contribution is -0.000304. The molecule has 12 heteroatoms. The molecule has 2 fully saturated rings. The molecule has 0 radical (unpaired) electrons. The highest BCUT2D eigenvalue weighted by Gasteiger charge is 2.33. The van der Waals surface area contributed by atoms with E-state index in [1.54, 1.807) is 24.3 Å². The molecule has 0 saturated carbocycles. The van der Waals surface area contributed by atoms with Crippen molar-refractivity contribution in [1.82, 2.24) is 0 Å². The minimum atomic E-state index is -3.98. The van der Waals surface area contributed by atoms with Crippen molar-refractivity contribution in [3.05, 3.63) is 71.8 Å². The molecule has 10 nitrogen and oxygen atoms in total. The molecule has 4 rings (SSSR count). The van der Waals surface area contributed by atoms with Gasteiger partial charge in [-0.1, -0.05) is 47.5 Å². The van der Waals surface area contributed by atoms with Gasteiger partial charge in [0.2, 0.25) is 0 Å². The van der Waals surface area contributed by atoms with Gasteiger partial charge in [0.05, 0.1) is 23.0 Å². The summed E-state index contributed by atoms with van der Waals surface area (Å²) >= 11 is 0. The van der Waals surface area contributed by atoms with Crippen molar-refractivity contribution in [2.24, 2.45) is 0 Å². The highest BCUT2D eigenvalue weighted by atomic mass is 32.2. The summed E-state index contributed by atoms with van der Waals surface area (Å²) < 4.78 is 84.2. The van der Waals surface area contributed by atoms with Crippen molar-refractivity contribution in [2.45, 2.75) is 73.7 Å². The van der Waals surface area contributed by atoms with E-state index in [4.69, 9.17) is 27.3 Å². The van der Waals surface area contributed by atoms with Crippen LogP contribution in [0.15, 0.2) is 70.5 Å². The maximum absolute atomic E-state index is 12.9. The first-order valence-corrected chi connectivity index (χ1v) is 16.0. The zero-order valence-corrected chi connectivity index (χ0v) is 24.3. The van der Waals surface area contributed by atoms with Gasteiger partial charge in [-0.2, -0.15) is 16.8 Å². The van der Waals surface area contributed by atoms with Crippen LogP contribution in [-0.2, 0) is 47.5 Å². The second kappa shape index (κ2) is 14.1. The second-order valence-electron chi connectivity index (χ2n) is 9.82. The molecule has 0 N–H and O–H groups in total. The summed E-state index contributed by atoms with van der Waals surface area (Å²) in [5.74, 6) is 0. The number of aryl methyl sites for hydroxylation is 2. The van der Waals surface area contributed by atoms with Crippen molar-refractivity contribution in [3.8, 4) is 0 Å². The van der Waals surface area contributed by atoms with Crippen molar-refractivity contribution in [2.75, 3.05) is 26.8 Å². The SMILES string of the molecule is Cc1ccc(S(=O)(=O)O[C@@H](CC/C=C/CC[C@H](OS(=O)(=O)c2ccc(C)cc2)[C@@H]2COCO2)[C@@H]2COCO2)cc1. The van der Waals surface area contributed by atoms with Gasteiger partial charge >= 0.3 is 0 Å². The fourth-order valence-corrected chi connectivity index (χ4v) is 6.57. The summed E-state index contributed by atoms with van der Waals surface area (Å²) in [5.41, 5.74) is 1.89. The van der Waals surface area contributed by atoms with Gasteiger partial charge in [-0.15, -0.1) is 0 Å². The minimum absolute atomic E-state index is 0.0855. The predicted molar refractivity (Wildman–Crippen MR) is 145 cm³/mol. The van der Waals surface area contributed by atoms with Gasteiger partial charge < -0.3 is 18.9 Å². The molecule has 4 atom stereocenters. The molecule has 2 aliphatic rings. The van der Waals surface area contributed by atoms with Gasteiger partial charge in [-0.25, -0.2) is 0 Å².